The Labute approximate surface area is 351 Å². The van der Waals surface area contributed by atoms with Gasteiger partial charge >= 0.3 is 0 Å². The highest BCUT2D eigenvalue weighted by molar-refractivity contribution is 5.80. The van der Waals surface area contributed by atoms with Gasteiger partial charge < -0.3 is 24.0 Å². The van der Waals surface area contributed by atoms with Gasteiger partial charge in [0.1, 0.15) is 29.4 Å². The highest BCUT2D eigenvalue weighted by atomic mass is 19.1. The lowest BCUT2D eigenvalue weighted by Crippen LogP contribution is -2.37. The molecule has 0 radical (unpaired) electrons. The quantitative estimate of drug-likeness (QED) is 0.174. The number of aryl methyl sites for hydroxylation is 2. The zero-order valence-corrected chi connectivity index (χ0v) is 34.8. The van der Waals surface area contributed by atoms with Crippen LogP contribution in [0.4, 0.5) is 8.78 Å². The van der Waals surface area contributed by atoms with Crippen LogP contribution in [0.25, 0.3) is 28.0 Å². The van der Waals surface area contributed by atoms with E-state index < -0.39 is 6.10 Å². The molecule has 2 saturated heterocycles. The largest absolute Gasteiger partial charge is 0.385 e. The number of aliphatic hydroxyl groups excluding tert-OH is 1. The van der Waals surface area contributed by atoms with Crippen molar-refractivity contribution in [1.82, 2.24) is 39.2 Å². The summed E-state index contributed by atoms with van der Waals surface area (Å²) in [7, 11) is 0. The van der Waals surface area contributed by atoms with Gasteiger partial charge in [-0.25, -0.2) is 18.7 Å². The molecule has 0 amide bonds. The van der Waals surface area contributed by atoms with E-state index in [4.69, 9.17) is 9.05 Å². The predicted molar refractivity (Wildman–Crippen MR) is 226 cm³/mol. The second-order valence-electron chi connectivity index (χ2n) is 17.0. The number of rotatable bonds is 8. The molecular weight excluding hydrogens is 783 g/mol. The average molecular weight is 835 g/mol. The Hall–Kier alpha value is -5.38. The first-order chi connectivity index (χ1) is 29.6. The summed E-state index contributed by atoms with van der Waals surface area (Å²) in [5.41, 5.74) is 6.13. The summed E-state index contributed by atoms with van der Waals surface area (Å²) in [6, 6.07) is 9.19. The van der Waals surface area contributed by atoms with Crippen LogP contribution in [0.5, 0.6) is 0 Å². The summed E-state index contributed by atoms with van der Waals surface area (Å²) >= 11 is 0. The molecule has 6 aromatic rings. The molecule has 0 saturated carbocycles. The van der Waals surface area contributed by atoms with Crippen LogP contribution in [0, 0.1) is 25.5 Å². The maximum atomic E-state index is 13.4. The first kappa shape index (κ1) is 41.0. The van der Waals surface area contributed by atoms with Crippen LogP contribution in [0.1, 0.15) is 108 Å². The number of piperidine rings is 2. The molecule has 4 aliphatic heterocycles. The second-order valence-corrected chi connectivity index (χ2v) is 17.0. The Balaban J connectivity index is 0.000000156. The van der Waals surface area contributed by atoms with Crippen molar-refractivity contribution in [3.63, 3.8) is 0 Å². The normalized spacial score (nSPS) is 18.9. The van der Waals surface area contributed by atoms with E-state index in [1.54, 1.807) is 21.3 Å². The first-order valence-corrected chi connectivity index (χ1v) is 21.7. The highest BCUT2D eigenvalue weighted by Gasteiger charge is 2.28. The van der Waals surface area contributed by atoms with Gasteiger partial charge in [-0.3, -0.25) is 18.7 Å². The maximum Gasteiger partial charge on any atom is 0.257 e. The van der Waals surface area contributed by atoms with E-state index in [-0.39, 0.29) is 22.8 Å². The first-order valence-electron chi connectivity index (χ1n) is 21.7. The van der Waals surface area contributed by atoms with E-state index in [1.165, 1.54) is 24.3 Å². The van der Waals surface area contributed by atoms with Gasteiger partial charge in [0.15, 0.2) is 11.2 Å². The van der Waals surface area contributed by atoms with Crippen molar-refractivity contribution in [2.45, 2.75) is 103 Å². The van der Waals surface area contributed by atoms with Gasteiger partial charge in [0.25, 0.3) is 11.1 Å². The number of fused-ring (bicyclic) bond motifs is 4. The second kappa shape index (κ2) is 17.5. The summed E-state index contributed by atoms with van der Waals surface area (Å²) in [5.74, 6) is 1.27. The van der Waals surface area contributed by atoms with Crippen LogP contribution in [-0.2, 0) is 25.9 Å². The summed E-state index contributed by atoms with van der Waals surface area (Å²) in [4.78, 5) is 39.8. The van der Waals surface area contributed by atoms with Crippen molar-refractivity contribution in [3.05, 3.63) is 120 Å². The minimum absolute atomic E-state index is 0.00237. The van der Waals surface area contributed by atoms with Gasteiger partial charge in [-0.1, -0.05) is 16.4 Å². The zero-order valence-electron chi connectivity index (χ0n) is 34.8. The zero-order chi connectivity index (χ0) is 42.2. The topological polar surface area (TPSA) is 149 Å². The molecule has 2 aromatic carbocycles. The van der Waals surface area contributed by atoms with Crippen molar-refractivity contribution >= 4 is 28.0 Å². The van der Waals surface area contributed by atoms with E-state index in [2.05, 4.69) is 36.2 Å². The molecule has 4 aliphatic rings. The average Bonchev–Trinajstić information content (AvgIpc) is 3.88. The Kier molecular flexibility index (Phi) is 11.8. The van der Waals surface area contributed by atoms with Crippen molar-refractivity contribution in [2.75, 3.05) is 39.3 Å². The third kappa shape index (κ3) is 8.47. The van der Waals surface area contributed by atoms with E-state index in [1.807, 2.05) is 19.9 Å². The molecule has 0 spiro atoms. The van der Waals surface area contributed by atoms with Crippen LogP contribution in [0.15, 0.2) is 61.1 Å². The molecule has 13 nitrogen and oxygen atoms in total. The number of likely N-dealkylation sites (tertiary alicyclic amines) is 2. The number of hydrogen-bond donors (Lipinski definition) is 1. The van der Waals surface area contributed by atoms with Gasteiger partial charge in [-0.05, 0) is 128 Å². The number of hydrogen-bond acceptors (Lipinski definition) is 11. The van der Waals surface area contributed by atoms with Gasteiger partial charge in [0.2, 0.25) is 0 Å². The lowest BCUT2D eigenvalue weighted by atomic mass is 9.91. The summed E-state index contributed by atoms with van der Waals surface area (Å²) in [5, 5.41) is 20.4. The molecule has 10 rings (SSSR count). The number of halogens is 2. The number of aliphatic hydroxyl groups is 1. The Morgan fingerprint density at radius 2 is 1.21 bits per heavy atom. The van der Waals surface area contributed by atoms with Gasteiger partial charge in [0.05, 0.1) is 11.4 Å². The van der Waals surface area contributed by atoms with Crippen molar-refractivity contribution in [2.24, 2.45) is 0 Å². The number of allylic oxidation sites excluding steroid dienone is 1. The molecule has 4 aromatic heterocycles. The van der Waals surface area contributed by atoms with Crippen LogP contribution >= 0.6 is 0 Å². The molecule has 8 heterocycles. The fourth-order valence-corrected chi connectivity index (χ4v) is 9.65. The number of aromatic nitrogens is 6. The number of nitrogens with zero attached hydrogens (tertiary/aromatic N) is 8. The van der Waals surface area contributed by atoms with Crippen molar-refractivity contribution in [3.8, 4) is 0 Å². The molecule has 15 heteroatoms. The smallest absolute Gasteiger partial charge is 0.257 e. The van der Waals surface area contributed by atoms with Gasteiger partial charge in [0, 0.05) is 83.4 Å². The standard InChI is InChI=1S/C23H27FN4O3.C23H25FN4O2/c1-14-17(23(30)28-9-2-3-19(29)22(28)25-14)8-12-27-10-6-15(7-11-27)21-18-5-4-16(24)13-20(18)31-26-21;1-15-18(23(29)28-10-3-2-4-21(28)25-15)9-13-27-11-7-16(8-12-27)22-19-6-5-17(24)14-20(19)30-26-22/h4-5,13,15,19,29H,2-3,6-12H2,1H3;2,4-6,14,16H,3,7-13H2,1H3. The summed E-state index contributed by atoms with van der Waals surface area (Å²) in [6.45, 7) is 10.5. The molecule has 61 heavy (non-hydrogen) atoms. The minimum Gasteiger partial charge on any atom is -0.385 e. The van der Waals surface area contributed by atoms with Crippen LogP contribution in [0.3, 0.4) is 0 Å². The fourth-order valence-electron chi connectivity index (χ4n) is 9.65. The number of benzene rings is 2. The Bertz CT molecular complexity index is 2700. The van der Waals surface area contributed by atoms with E-state index in [0.29, 0.717) is 54.8 Å². The monoisotopic (exact) mass is 834 g/mol. The maximum absolute atomic E-state index is 13.4. The van der Waals surface area contributed by atoms with Crippen LogP contribution in [0.2, 0.25) is 0 Å². The van der Waals surface area contributed by atoms with Gasteiger partial charge in [-0.15, -0.1) is 0 Å². The molecule has 1 unspecified atom stereocenters. The molecule has 320 valence electrons. The molecule has 0 bridgehead atoms. The Morgan fingerprint density at radius 3 is 1.77 bits per heavy atom. The summed E-state index contributed by atoms with van der Waals surface area (Å²) in [6.07, 6.45) is 10.9. The van der Waals surface area contributed by atoms with E-state index >= 15 is 0 Å². The van der Waals surface area contributed by atoms with Crippen LogP contribution < -0.4 is 11.1 Å². The minimum atomic E-state index is -0.641. The molecule has 1 atom stereocenters. The predicted octanol–water partition coefficient (Wildman–Crippen LogP) is 6.75. The fraction of sp³-hybridized carbons (Fsp3) is 0.478. The lowest BCUT2D eigenvalue weighted by molar-refractivity contribution is 0.129. The van der Waals surface area contributed by atoms with Gasteiger partial charge in [-0.2, -0.15) is 0 Å². The van der Waals surface area contributed by atoms with E-state index in [0.717, 1.165) is 135 Å². The lowest BCUT2D eigenvalue weighted by Gasteiger charge is -2.31. The highest BCUT2D eigenvalue weighted by Crippen LogP contribution is 2.34. The molecule has 1 N–H and O–H groups in total. The molecular formula is C46H52F2N8O5. The summed E-state index contributed by atoms with van der Waals surface area (Å²) < 4.78 is 40.9. The van der Waals surface area contributed by atoms with Crippen molar-refractivity contribution < 1.29 is 22.9 Å². The molecule has 2 fully saturated rings. The van der Waals surface area contributed by atoms with Crippen LogP contribution in [-0.4, -0.2) is 83.6 Å². The van der Waals surface area contributed by atoms with E-state index in [9.17, 15) is 23.5 Å². The Morgan fingerprint density at radius 1 is 0.689 bits per heavy atom. The third-order valence-corrected chi connectivity index (χ3v) is 13.2. The third-order valence-electron chi connectivity index (χ3n) is 13.2. The SMILES string of the molecule is Cc1nc2n(c(=O)c1CCN1CCC(c3noc4cc(F)ccc34)CC1)CCC=C2.Cc1nc2n(c(=O)c1CCN1CCC(c3noc4cc(F)ccc34)CC1)CCCC2O. The van der Waals surface area contributed by atoms with Crippen molar-refractivity contribution in [1.29, 1.82) is 0 Å². The molecule has 0 aliphatic carbocycles.